The Balaban J connectivity index is 1.37. The standard InChI is InChI=1S/C24H27ClN2O3S/c1-16-9-17(15-30-22-4-6-23(7-5-22)31(2,28)29)14-27(16)21-3-8-24-18(12-21)10-20(25)11-19(24)13-26/h4-7,10-11,16-17,21H,3,8-9,12,14-15H2,1-2H3. The molecule has 0 amide bonds. The zero-order valence-corrected chi connectivity index (χ0v) is 19.4. The number of ether oxygens (including phenoxy) is 1. The van der Waals surface area contributed by atoms with Gasteiger partial charge in [-0.1, -0.05) is 11.6 Å². The van der Waals surface area contributed by atoms with Gasteiger partial charge in [0.15, 0.2) is 9.84 Å². The maximum atomic E-state index is 11.6. The van der Waals surface area contributed by atoms with E-state index in [1.807, 2.05) is 6.07 Å². The minimum atomic E-state index is -3.19. The van der Waals surface area contributed by atoms with Gasteiger partial charge < -0.3 is 4.74 Å². The molecule has 2 aromatic carbocycles. The summed E-state index contributed by atoms with van der Waals surface area (Å²) in [7, 11) is -3.19. The molecule has 164 valence electrons. The van der Waals surface area contributed by atoms with Crippen molar-refractivity contribution in [2.45, 2.75) is 49.6 Å². The van der Waals surface area contributed by atoms with E-state index in [0.29, 0.717) is 45.8 Å². The Kier molecular flexibility index (Phi) is 6.30. The van der Waals surface area contributed by atoms with Crippen molar-refractivity contribution in [1.29, 1.82) is 5.26 Å². The fourth-order valence-electron chi connectivity index (χ4n) is 5.02. The fraction of sp³-hybridized carbons (Fsp3) is 0.458. The van der Waals surface area contributed by atoms with Crippen LogP contribution in [0.5, 0.6) is 5.75 Å². The van der Waals surface area contributed by atoms with E-state index < -0.39 is 9.84 Å². The first-order valence-corrected chi connectivity index (χ1v) is 12.9. The fourth-order valence-corrected chi connectivity index (χ4v) is 5.89. The van der Waals surface area contributed by atoms with Crippen LogP contribution in [0.3, 0.4) is 0 Å². The summed E-state index contributed by atoms with van der Waals surface area (Å²) in [5.74, 6) is 1.13. The summed E-state index contributed by atoms with van der Waals surface area (Å²) < 4.78 is 29.2. The van der Waals surface area contributed by atoms with Gasteiger partial charge in [-0.05, 0) is 80.1 Å². The molecule has 7 heteroatoms. The summed E-state index contributed by atoms with van der Waals surface area (Å²) in [5, 5.41) is 10.1. The van der Waals surface area contributed by atoms with E-state index in [-0.39, 0.29) is 0 Å². The predicted octanol–water partition coefficient (Wildman–Crippen LogP) is 4.26. The number of likely N-dealkylation sites (tertiary alicyclic amines) is 1. The lowest BCUT2D eigenvalue weighted by Gasteiger charge is -2.35. The van der Waals surface area contributed by atoms with Gasteiger partial charge in [0.05, 0.1) is 23.1 Å². The van der Waals surface area contributed by atoms with Crippen molar-refractivity contribution in [3.8, 4) is 11.8 Å². The summed E-state index contributed by atoms with van der Waals surface area (Å²) in [4.78, 5) is 2.88. The Morgan fingerprint density at radius 1 is 1.26 bits per heavy atom. The molecule has 0 aromatic heterocycles. The average Bonchev–Trinajstić information content (AvgIpc) is 3.11. The van der Waals surface area contributed by atoms with E-state index in [4.69, 9.17) is 16.3 Å². The van der Waals surface area contributed by atoms with Gasteiger partial charge in [0.2, 0.25) is 0 Å². The van der Waals surface area contributed by atoms with Crippen molar-refractivity contribution in [2.75, 3.05) is 19.4 Å². The summed E-state index contributed by atoms with van der Waals surface area (Å²) in [5.41, 5.74) is 3.08. The molecule has 1 heterocycles. The van der Waals surface area contributed by atoms with Crippen LogP contribution in [0.2, 0.25) is 5.02 Å². The van der Waals surface area contributed by atoms with Crippen molar-refractivity contribution in [3.05, 3.63) is 58.1 Å². The predicted molar refractivity (Wildman–Crippen MR) is 121 cm³/mol. The van der Waals surface area contributed by atoms with Crippen LogP contribution in [-0.4, -0.2) is 44.8 Å². The Labute approximate surface area is 189 Å². The molecule has 2 aromatic rings. The number of fused-ring (bicyclic) bond motifs is 1. The Hall–Kier alpha value is -2.07. The number of rotatable bonds is 5. The lowest BCUT2D eigenvalue weighted by atomic mass is 9.85. The van der Waals surface area contributed by atoms with E-state index >= 15 is 0 Å². The molecule has 1 saturated heterocycles. The highest BCUT2D eigenvalue weighted by Gasteiger charge is 2.36. The highest BCUT2D eigenvalue weighted by atomic mass is 35.5. The normalized spacial score (nSPS) is 23.9. The van der Waals surface area contributed by atoms with Crippen LogP contribution >= 0.6 is 11.6 Å². The maximum absolute atomic E-state index is 11.6. The second kappa shape index (κ2) is 8.82. The lowest BCUT2D eigenvalue weighted by molar-refractivity contribution is 0.164. The molecule has 0 N–H and O–H groups in total. The van der Waals surface area contributed by atoms with Gasteiger partial charge in [0.25, 0.3) is 0 Å². The molecule has 1 aliphatic heterocycles. The molecule has 0 bridgehead atoms. The lowest BCUT2D eigenvalue weighted by Crippen LogP contribution is -2.41. The van der Waals surface area contributed by atoms with Crippen LogP contribution in [0, 0.1) is 17.2 Å². The first-order chi connectivity index (χ1) is 14.7. The first-order valence-electron chi connectivity index (χ1n) is 10.6. The zero-order valence-electron chi connectivity index (χ0n) is 17.8. The third-order valence-electron chi connectivity index (χ3n) is 6.53. The van der Waals surface area contributed by atoms with Crippen LogP contribution in [0.15, 0.2) is 41.3 Å². The summed E-state index contributed by atoms with van der Waals surface area (Å²) >= 11 is 6.24. The van der Waals surface area contributed by atoms with Crippen molar-refractivity contribution < 1.29 is 13.2 Å². The average molecular weight is 459 g/mol. The molecule has 3 atom stereocenters. The highest BCUT2D eigenvalue weighted by Crippen LogP contribution is 2.34. The molecule has 3 unspecified atom stereocenters. The van der Waals surface area contributed by atoms with E-state index in [0.717, 1.165) is 37.8 Å². The molecule has 5 nitrogen and oxygen atoms in total. The highest BCUT2D eigenvalue weighted by molar-refractivity contribution is 7.90. The van der Waals surface area contributed by atoms with Crippen LogP contribution in [0.4, 0.5) is 0 Å². The van der Waals surface area contributed by atoms with Gasteiger partial charge in [-0.25, -0.2) is 8.42 Å². The number of hydrogen-bond donors (Lipinski definition) is 0. The molecule has 0 spiro atoms. The number of benzene rings is 2. The summed E-state index contributed by atoms with van der Waals surface area (Å²) in [6, 6.07) is 13.6. The maximum Gasteiger partial charge on any atom is 0.175 e. The Morgan fingerprint density at radius 3 is 2.68 bits per heavy atom. The molecule has 31 heavy (non-hydrogen) atoms. The number of hydrogen-bond acceptors (Lipinski definition) is 5. The van der Waals surface area contributed by atoms with Gasteiger partial charge in [-0.15, -0.1) is 0 Å². The SMILES string of the molecule is CC1CC(COc2ccc(S(C)(=O)=O)cc2)CN1C1CCc2c(C#N)cc(Cl)cc2C1. The van der Waals surface area contributed by atoms with Gasteiger partial charge >= 0.3 is 0 Å². The van der Waals surface area contributed by atoms with Crippen molar-refractivity contribution in [3.63, 3.8) is 0 Å². The van der Waals surface area contributed by atoms with Crippen LogP contribution in [-0.2, 0) is 22.7 Å². The van der Waals surface area contributed by atoms with E-state index in [1.54, 1.807) is 30.3 Å². The summed E-state index contributed by atoms with van der Waals surface area (Å²) in [6.07, 6.45) is 5.17. The second-order valence-corrected chi connectivity index (χ2v) is 11.3. The molecule has 0 radical (unpaired) electrons. The topological polar surface area (TPSA) is 70.4 Å². The van der Waals surface area contributed by atoms with E-state index in [2.05, 4.69) is 17.9 Å². The van der Waals surface area contributed by atoms with Crippen LogP contribution < -0.4 is 4.74 Å². The van der Waals surface area contributed by atoms with Crippen LogP contribution in [0.25, 0.3) is 0 Å². The second-order valence-electron chi connectivity index (χ2n) is 8.80. The third-order valence-corrected chi connectivity index (χ3v) is 7.87. The number of nitriles is 1. The monoisotopic (exact) mass is 458 g/mol. The summed E-state index contributed by atoms with van der Waals surface area (Å²) in [6.45, 7) is 3.87. The largest absolute Gasteiger partial charge is 0.493 e. The van der Waals surface area contributed by atoms with Crippen molar-refractivity contribution in [1.82, 2.24) is 4.90 Å². The minimum Gasteiger partial charge on any atom is -0.493 e. The molecule has 1 aliphatic carbocycles. The molecule has 1 fully saturated rings. The van der Waals surface area contributed by atoms with Crippen LogP contribution in [0.1, 0.15) is 36.5 Å². The quantitative estimate of drug-likeness (QED) is 0.669. The van der Waals surface area contributed by atoms with E-state index in [9.17, 15) is 13.7 Å². The smallest absolute Gasteiger partial charge is 0.175 e. The Bertz CT molecular complexity index is 1110. The van der Waals surface area contributed by atoms with Crippen molar-refractivity contribution in [2.24, 2.45) is 5.92 Å². The zero-order chi connectivity index (χ0) is 22.2. The van der Waals surface area contributed by atoms with Gasteiger partial charge in [-0.2, -0.15) is 5.26 Å². The van der Waals surface area contributed by atoms with Crippen molar-refractivity contribution >= 4 is 21.4 Å². The minimum absolute atomic E-state index is 0.303. The Morgan fingerprint density at radius 2 is 2.00 bits per heavy atom. The number of halogens is 1. The third kappa shape index (κ3) is 4.90. The number of nitrogens with zero attached hydrogens (tertiary/aromatic N) is 2. The molecular formula is C24H27ClN2O3S. The molecule has 4 rings (SSSR count). The number of sulfone groups is 1. The van der Waals surface area contributed by atoms with Gasteiger partial charge in [-0.3, -0.25) is 4.90 Å². The molecule has 0 saturated carbocycles. The molecule has 2 aliphatic rings. The van der Waals surface area contributed by atoms with Gasteiger partial charge in [0.1, 0.15) is 5.75 Å². The van der Waals surface area contributed by atoms with Gasteiger partial charge in [0, 0.05) is 35.8 Å². The first kappa shape index (κ1) is 22.1. The molecular weight excluding hydrogens is 432 g/mol. The van der Waals surface area contributed by atoms with E-state index in [1.165, 1.54) is 11.8 Å².